The number of ether oxygens (including phenoxy) is 1. The Morgan fingerprint density at radius 3 is 2.52 bits per heavy atom. The average molecular weight is 479 g/mol. The smallest absolute Gasteiger partial charge is 0.266 e. The van der Waals surface area contributed by atoms with Gasteiger partial charge in [0.15, 0.2) is 0 Å². The molecule has 4 aromatic rings. The summed E-state index contributed by atoms with van der Waals surface area (Å²) >= 11 is 7.49. The number of hydrogen-bond acceptors (Lipinski definition) is 6. The first-order valence-electron chi connectivity index (χ1n) is 10.7. The zero-order valence-corrected chi connectivity index (χ0v) is 19.7. The lowest BCUT2D eigenvalue weighted by atomic mass is 10.1. The SMILES string of the molecule is COc1ccc(-c2ccc3c(N)c(C(=O)N4CCN(c5cccc(Cl)c5)CC4)sc3n2)cc1. The van der Waals surface area contributed by atoms with Gasteiger partial charge in [-0.3, -0.25) is 4.79 Å². The predicted octanol–water partition coefficient (Wildman–Crippen LogP) is 5.17. The Morgan fingerprint density at radius 2 is 1.82 bits per heavy atom. The van der Waals surface area contributed by atoms with E-state index < -0.39 is 0 Å². The molecular formula is C25H23ClN4O2S. The number of piperazine rings is 1. The van der Waals surface area contributed by atoms with Crippen molar-refractivity contribution in [3.63, 3.8) is 0 Å². The molecule has 1 fully saturated rings. The number of halogens is 1. The van der Waals surface area contributed by atoms with E-state index in [9.17, 15) is 4.79 Å². The number of aromatic nitrogens is 1. The van der Waals surface area contributed by atoms with E-state index in [0.717, 1.165) is 46.0 Å². The summed E-state index contributed by atoms with van der Waals surface area (Å²) in [6.45, 7) is 2.75. The van der Waals surface area contributed by atoms with Gasteiger partial charge in [0.05, 0.1) is 18.5 Å². The van der Waals surface area contributed by atoms with Crippen LogP contribution in [0.5, 0.6) is 5.75 Å². The highest BCUT2D eigenvalue weighted by atomic mass is 35.5. The number of rotatable bonds is 4. The second-order valence-electron chi connectivity index (χ2n) is 7.88. The van der Waals surface area contributed by atoms with Gasteiger partial charge in [0.25, 0.3) is 5.91 Å². The number of nitrogens with zero attached hydrogens (tertiary/aromatic N) is 3. The van der Waals surface area contributed by atoms with Crippen LogP contribution in [-0.4, -0.2) is 49.1 Å². The van der Waals surface area contributed by atoms with Gasteiger partial charge in [-0.1, -0.05) is 17.7 Å². The largest absolute Gasteiger partial charge is 0.497 e. The van der Waals surface area contributed by atoms with Gasteiger partial charge >= 0.3 is 0 Å². The molecule has 0 atom stereocenters. The number of hydrogen-bond donors (Lipinski definition) is 1. The van der Waals surface area contributed by atoms with Gasteiger partial charge in [0.2, 0.25) is 0 Å². The first-order chi connectivity index (χ1) is 16.0. The number of benzene rings is 2. The lowest BCUT2D eigenvalue weighted by Crippen LogP contribution is -2.48. The Kier molecular flexibility index (Phi) is 5.83. The highest BCUT2D eigenvalue weighted by Crippen LogP contribution is 2.35. The summed E-state index contributed by atoms with van der Waals surface area (Å²) in [6, 6.07) is 19.4. The third-order valence-corrected chi connectivity index (χ3v) is 7.25. The molecule has 3 heterocycles. The van der Waals surface area contributed by atoms with Gasteiger partial charge < -0.3 is 20.3 Å². The average Bonchev–Trinajstić information content (AvgIpc) is 3.19. The Labute approximate surface area is 201 Å². The van der Waals surface area contributed by atoms with E-state index in [-0.39, 0.29) is 5.91 Å². The van der Waals surface area contributed by atoms with Crippen LogP contribution in [0.2, 0.25) is 5.02 Å². The summed E-state index contributed by atoms with van der Waals surface area (Å²) in [6.07, 6.45) is 0. The van der Waals surface area contributed by atoms with Crippen molar-refractivity contribution in [1.29, 1.82) is 0 Å². The molecule has 0 spiro atoms. The Balaban J connectivity index is 1.35. The van der Waals surface area contributed by atoms with Gasteiger partial charge in [-0.15, -0.1) is 11.3 Å². The molecule has 8 heteroatoms. The highest BCUT2D eigenvalue weighted by molar-refractivity contribution is 7.21. The minimum Gasteiger partial charge on any atom is -0.497 e. The van der Waals surface area contributed by atoms with Crippen molar-refractivity contribution in [2.45, 2.75) is 0 Å². The maximum atomic E-state index is 13.3. The van der Waals surface area contributed by atoms with Crippen molar-refractivity contribution in [3.8, 4) is 17.0 Å². The van der Waals surface area contributed by atoms with E-state index in [1.165, 1.54) is 11.3 Å². The number of carbonyl (C=O) groups excluding carboxylic acids is 1. The first kappa shape index (κ1) is 21.6. The van der Waals surface area contributed by atoms with Gasteiger partial charge in [0.1, 0.15) is 15.5 Å². The first-order valence-corrected chi connectivity index (χ1v) is 11.9. The second kappa shape index (κ2) is 8.92. The van der Waals surface area contributed by atoms with E-state index in [2.05, 4.69) is 4.90 Å². The number of nitrogens with two attached hydrogens (primary N) is 1. The van der Waals surface area contributed by atoms with Crippen LogP contribution in [-0.2, 0) is 0 Å². The van der Waals surface area contributed by atoms with Crippen molar-refractivity contribution in [3.05, 3.63) is 70.6 Å². The summed E-state index contributed by atoms with van der Waals surface area (Å²) in [4.78, 5) is 23.5. The normalized spacial score (nSPS) is 14.0. The van der Waals surface area contributed by atoms with E-state index in [4.69, 9.17) is 27.1 Å². The fraction of sp³-hybridized carbons (Fsp3) is 0.200. The Morgan fingerprint density at radius 1 is 1.06 bits per heavy atom. The molecule has 0 saturated carbocycles. The van der Waals surface area contributed by atoms with Crippen LogP contribution < -0.4 is 15.4 Å². The molecule has 2 aromatic carbocycles. The molecule has 1 amide bonds. The molecule has 0 unspecified atom stereocenters. The number of anilines is 2. The number of methoxy groups -OCH3 is 1. The van der Waals surface area contributed by atoms with Crippen molar-refractivity contribution in [2.24, 2.45) is 0 Å². The molecule has 168 valence electrons. The predicted molar refractivity (Wildman–Crippen MR) is 136 cm³/mol. The molecule has 0 bridgehead atoms. The van der Waals surface area contributed by atoms with Crippen molar-refractivity contribution >= 4 is 50.4 Å². The zero-order valence-electron chi connectivity index (χ0n) is 18.1. The summed E-state index contributed by atoms with van der Waals surface area (Å²) < 4.78 is 5.23. The standard InChI is InChI=1S/C25H23ClN4O2S/c1-32-19-7-5-16(6-8-19)21-10-9-20-22(27)23(33-24(20)28-21)25(31)30-13-11-29(12-14-30)18-4-2-3-17(26)15-18/h2-10,15H,11-14,27H2,1H3. The Bertz CT molecular complexity index is 1310. The molecule has 2 N–H and O–H groups in total. The van der Waals surface area contributed by atoms with Crippen molar-refractivity contribution in [1.82, 2.24) is 9.88 Å². The molecule has 0 aliphatic carbocycles. The Hall–Kier alpha value is -3.29. The molecular weight excluding hydrogens is 456 g/mol. The monoisotopic (exact) mass is 478 g/mol. The molecule has 1 aliphatic heterocycles. The highest BCUT2D eigenvalue weighted by Gasteiger charge is 2.26. The molecule has 2 aromatic heterocycles. The fourth-order valence-electron chi connectivity index (χ4n) is 4.06. The minimum atomic E-state index is -0.0350. The third kappa shape index (κ3) is 4.21. The summed E-state index contributed by atoms with van der Waals surface area (Å²) in [7, 11) is 1.64. The van der Waals surface area contributed by atoms with Gasteiger partial charge in [-0.2, -0.15) is 0 Å². The number of carbonyl (C=O) groups is 1. The third-order valence-electron chi connectivity index (χ3n) is 5.91. The summed E-state index contributed by atoms with van der Waals surface area (Å²) in [5.41, 5.74) is 9.79. The molecule has 1 aliphatic rings. The van der Waals surface area contributed by atoms with E-state index >= 15 is 0 Å². The van der Waals surface area contributed by atoms with Crippen LogP contribution in [0.3, 0.4) is 0 Å². The van der Waals surface area contributed by atoms with E-state index in [0.29, 0.717) is 28.7 Å². The molecule has 0 radical (unpaired) electrons. The van der Waals surface area contributed by atoms with E-state index in [1.54, 1.807) is 7.11 Å². The van der Waals surface area contributed by atoms with Gasteiger partial charge in [0, 0.05) is 47.8 Å². The minimum absolute atomic E-state index is 0.0350. The number of fused-ring (bicyclic) bond motifs is 1. The van der Waals surface area contributed by atoms with Crippen LogP contribution in [0.15, 0.2) is 60.7 Å². The van der Waals surface area contributed by atoms with Crippen LogP contribution in [0.1, 0.15) is 9.67 Å². The van der Waals surface area contributed by atoms with Crippen LogP contribution in [0.25, 0.3) is 21.5 Å². The molecule has 5 rings (SSSR count). The molecule has 6 nitrogen and oxygen atoms in total. The van der Waals surface area contributed by atoms with Crippen LogP contribution >= 0.6 is 22.9 Å². The maximum Gasteiger partial charge on any atom is 0.266 e. The van der Waals surface area contributed by atoms with Crippen molar-refractivity contribution in [2.75, 3.05) is 43.9 Å². The maximum absolute atomic E-state index is 13.3. The summed E-state index contributed by atoms with van der Waals surface area (Å²) in [5.74, 6) is 0.760. The molecule has 33 heavy (non-hydrogen) atoms. The van der Waals surface area contributed by atoms with E-state index in [1.807, 2.05) is 65.6 Å². The topological polar surface area (TPSA) is 71.7 Å². The lowest BCUT2D eigenvalue weighted by Gasteiger charge is -2.36. The van der Waals surface area contributed by atoms with Gasteiger partial charge in [-0.25, -0.2) is 4.98 Å². The van der Waals surface area contributed by atoms with Crippen LogP contribution in [0.4, 0.5) is 11.4 Å². The van der Waals surface area contributed by atoms with Crippen LogP contribution in [0, 0.1) is 0 Å². The van der Waals surface area contributed by atoms with Gasteiger partial charge in [-0.05, 0) is 54.6 Å². The number of nitrogen functional groups attached to an aromatic ring is 1. The number of amides is 1. The lowest BCUT2D eigenvalue weighted by molar-refractivity contribution is 0.0752. The number of thiophene rings is 1. The molecule has 1 saturated heterocycles. The fourth-order valence-corrected chi connectivity index (χ4v) is 5.31. The van der Waals surface area contributed by atoms with Crippen molar-refractivity contribution < 1.29 is 9.53 Å². The quantitative estimate of drug-likeness (QED) is 0.438. The number of pyridine rings is 1. The summed E-state index contributed by atoms with van der Waals surface area (Å²) in [5, 5.41) is 1.53. The zero-order chi connectivity index (χ0) is 22.9. The second-order valence-corrected chi connectivity index (χ2v) is 9.32.